The van der Waals surface area contributed by atoms with Gasteiger partial charge < -0.3 is 15.3 Å². The van der Waals surface area contributed by atoms with E-state index in [0.717, 1.165) is 5.56 Å². The summed E-state index contributed by atoms with van der Waals surface area (Å²) in [5.74, 6) is -1.25. The van der Waals surface area contributed by atoms with Gasteiger partial charge in [-0.15, -0.1) is 0 Å². The summed E-state index contributed by atoms with van der Waals surface area (Å²) in [6.07, 6.45) is 1.79. The van der Waals surface area contributed by atoms with Crippen LogP contribution in [0.2, 0.25) is 0 Å². The van der Waals surface area contributed by atoms with Gasteiger partial charge in [-0.1, -0.05) is 12.1 Å². The van der Waals surface area contributed by atoms with E-state index in [1.807, 2.05) is 0 Å². The van der Waals surface area contributed by atoms with Crippen LogP contribution in [0.4, 0.5) is 9.18 Å². The minimum atomic E-state index is -0.962. The highest BCUT2D eigenvalue weighted by Gasteiger charge is 2.33. The number of nitrogens with one attached hydrogen (secondary N) is 1. The number of benzene rings is 1. The van der Waals surface area contributed by atoms with Crippen LogP contribution in [0.1, 0.15) is 18.4 Å². The highest BCUT2D eigenvalue weighted by molar-refractivity contribution is 5.83. The van der Waals surface area contributed by atoms with Gasteiger partial charge >= 0.3 is 12.0 Å². The Labute approximate surface area is 116 Å². The second-order valence-corrected chi connectivity index (χ2v) is 4.80. The second-order valence-electron chi connectivity index (χ2n) is 4.80. The summed E-state index contributed by atoms with van der Waals surface area (Å²) in [4.78, 5) is 24.2. The Morgan fingerprint density at radius 2 is 2.05 bits per heavy atom. The lowest BCUT2D eigenvalue weighted by molar-refractivity contribution is -0.141. The summed E-state index contributed by atoms with van der Waals surface area (Å²) in [5.41, 5.74) is 0.919. The summed E-state index contributed by atoms with van der Waals surface area (Å²) < 4.78 is 12.7. The third-order valence-corrected chi connectivity index (χ3v) is 3.40. The molecule has 20 heavy (non-hydrogen) atoms. The normalized spacial score (nSPS) is 18.1. The number of likely N-dealkylation sites (tertiary alicyclic amines) is 1. The molecule has 1 heterocycles. The molecule has 5 nitrogen and oxygen atoms in total. The molecule has 108 valence electrons. The van der Waals surface area contributed by atoms with Crippen LogP contribution in [0, 0.1) is 5.82 Å². The first kappa shape index (κ1) is 14.3. The van der Waals surface area contributed by atoms with E-state index in [1.54, 1.807) is 12.1 Å². The fourth-order valence-corrected chi connectivity index (χ4v) is 2.33. The van der Waals surface area contributed by atoms with E-state index in [1.165, 1.54) is 17.0 Å². The van der Waals surface area contributed by atoms with Crippen molar-refractivity contribution in [1.29, 1.82) is 0 Å². The number of nitrogens with zero attached hydrogens (tertiary/aromatic N) is 1. The zero-order chi connectivity index (χ0) is 14.5. The molecule has 0 aliphatic carbocycles. The molecule has 1 atom stereocenters. The van der Waals surface area contributed by atoms with Crippen molar-refractivity contribution in [3.63, 3.8) is 0 Å². The molecule has 1 aromatic carbocycles. The number of carbonyl (C=O) groups is 2. The van der Waals surface area contributed by atoms with Crippen molar-refractivity contribution in [3.8, 4) is 0 Å². The van der Waals surface area contributed by atoms with Gasteiger partial charge in [0.15, 0.2) is 0 Å². The van der Waals surface area contributed by atoms with Gasteiger partial charge in [0.1, 0.15) is 11.9 Å². The van der Waals surface area contributed by atoms with Crippen molar-refractivity contribution in [2.75, 3.05) is 13.1 Å². The minimum absolute atomic E-state index is 0.292. The number of carbonyl (C=O) groups excluding carboxylic acids is 1. The maximum atomic E-state index is 12.7. The Bertz CT molecular complexity index is 490. The average Bonchev–Trinajstić information content (AvgIpc) is 2.90. The lowest BCUT2D eigenvalue weighted by atomic mass is 10.1. The summed E-state index contributed by atoms with van der Waals surface area (Å²) in [6, 6.07) is 5.00. The van der Waals surface area contributed by atoms with Gasteiger partial charge in [0, 0.05) is 13.1 Å². The van der Waals surface area contributed by atoms with Crippen LogP contribution in [0.25, 0.3) is 0 Å². The van der Waals surface area contributed by atoms with Crippen molar-refractivity contribution in [2.45, 2.75) is 25.3 Å². The predicted octanol–water partition coefficient (Wildman–Crippen LogP) is 1.63. The third kappa shape index (κ3) is 3.46. The topological polar surface area (TPSA) is 69.6 Å². The highest BCUT2D eigenvalue weighted by Crippen LogP contribution is 2.17. The van der Waals surface area contributed by atoms with Gasteiger partial charge in [-0.05, 0) is 37.0 Å². The van der Waals surface area contributed by atoms with Gasteiger partial charge in [0.25, 0.3) is 0 Å². The monoisotopic (exact) mass is 280 g/mol. The molecule has 2 amide bonds. The molecule has 0 saturated carbocycles. The number of amides is 2. The van der Waals surface area contributed by atoms with E-state index in [9.17, 15) is 14.0 Å². The van der Waals surface area contributed by atoms with Crippen LogP contribution in [0.3, 0.4) is 0 Å². The van der Waals surface area contributed by atoms with Crippen molar-refractivity contribution in [3.05, 3.63) is 35.6 Å². The van der Waals surface area contributed by atoms with Crippen LogP contribution in [-0.4, -0.2) is 41.1 Å². The number of halogens is 1. The summed E-state index contributed by atoms with van der Waals surface area (Å²) >= 11 is 0. The molecule has 0 spiro atoms. The molecule has 0 radical (unpaired) electrons. The van der Waals surface area contributed by atoms with Crippen molar-refractivity contribution < 1.29 is 19.1 Å². The molecule has 1 aliphatic rings. The molecule has 1 saturated heterocycles. The van der Waals surface area contributed by atoms with Crippen LogP contribution in [0.15, 0.2) is 24.3 Å². The average molecular weight is 280 g/mol. The van der Waals surface area contributed by atoms with Crippen LogP contribution in [0.5, 0.6) is 0 Å². The number of hydrogen-bond donors (Lipinski definition) is 2. The van der Waals surface area contributed by atoms with E-state index < -0.39 is 12.0 Å². The standard InChI is InChI=1S/C14H17FN2O3/c15-11-5-3-10(4-6-11)7-8-16-14(20)17-9-1-2-12(17)13(18)19/h3-6,12H,1-2,7-9H2,(H,16,20)(H,18,19). The Morgan fingerprint density at radius 1 is 1.35 bits per heavy atom. The molecule has 0 aromatic heterocycles. The lowest BCUT2D eigenvalue weighted by Gasteiger charge is -2.21. The van der Waals surface area contributed by atoms with Gasteiger partial charge in [-0.25, -0.2) is 14.0 Å². The number of carboxylic acids is 1. The molecule has 1 fully saturated rings. The molecule has 1 aliphatic heterocycles. The zero-order valence-electron chi connectivity index (χ0n) is 11.0. The molecular formula is C14H17FN2O3. The van der Waals surface area contributed by atoms with E-state index in [2.05, 4.69) is 5.32 Å². The van der Waals surface area contributed by atoms with Gasteiger partial charge in [-0.3, -0.25) is 0 Å². The number of urea groups is 1. The summed E-state index contributed by atoms with van der Waals surface area (Å²) in [7, 11) is 0. The first-order valence-electron chi connectivity index (χ1n) is 6.59. The van der Waals surface area contributed by atoms with E-state index >= 15 is 0 Å². The number of rotatable bonds is 4. The van der Waals surface area contributed by atoms with Crippen LogP contribution < -0.4 is 5.32 Å². The van der Waals surface area contributed by atoms with Gasteiger partial charge in [-0.2, -0.15) is 0 Å². The number of hydrogen-bond acceptors (Lipinski definition) is 2. The van der Waals surface area contributed by atoms with Crippen LogP contribution >= 0.6 is 0 Å². The lowest BCUT2D eigenvalue weighted by Crippen LogP contribution is -2.46. The molecule has 1 aromatic rings. The van der Waals surface area contributed by atoms with E-state index in [4.69, 9.17) is 5.11 Å². The van der Waals surface area contributed by atoms with Crippen LogP contribution in [-0.2, 0) is 11.2 Å². The molecule has 2 N–H and O–H groups in total. The largest absolute Gasteiger partial charge is 0.480 e. The maximum absolute atomic E-state index is 12.7. The Morgan fingerprint density at radius 3 is 2.70 bits per heavy atom. The smallest absolute Gasteiger partial charge is 0.326 e. The Kier molecular flexibility index (Phi) is 4.55. The summed E-state index contributed by atoms with van der Waals surface area (Å²) in [6.45, 7) is 0.868. The fourth-order valence-electron chi connectivity index (χ4n) is 2.33. The molecule has 1 unspecified atom stereocenters. The highest BCUT2D eigenvalue weighted by atomic mass is 19.1. The summed E-state index contributed by atoms with van der Waals surface area (Å²) in [5, 5.41) is 11.7. The van der Waals surface area contributed by atoms with Gasteiger partial charge in [0.05, 0.1) is 0 Å². The molecule has 0 bridgehead atoms. The molecule has 2 rings (SSSR count). The second kappa shape index (κ2) is 6.36. The molecule has 6 heteroatoms. The van der Waals surface area contributed by atoms with Gasteiger partial charge in [0.2, 0.25) is 0 Å². The van der Waals surface area contributed by atoms with E-state index in [-0.39, 0.29) is 11.8 Å². The fraction of sp³-hybridized carbons (Fsp3) is 0.429. The van der Waals surface area contributed by atoms with Crippen molar-refractivity contribution >= 4 is 12.0 Å². The van der Waals surface area contributed by atoms with E-state index in [0.29, 0.717) is 32.4 Å². The Hall–Kier alpha value is -2.11. The van der Waals surface area contributed by atoms with Crippen molar-refractivity contribution in [1.82, 2.24) is 10.2 Å². The molecular weight excluding hydrogens is 263 g/mol. The minimum Gasteiger partial charge on any atom is -0.480 e. The maximum Gasteiger partial charge on any atom is 0.326 e. The SMILES string of the molecule is O=C(O)C1CCCN1C(=O)NCCc1ccc(F)cc1. The Balaban J connectivity index is 1.80. The van der Waals surface area contributed by atoms with Crippen molar-refractivity contribution in [2.24, 2.45) is 0 Å². The zero-order valence-corrected chi connectivity index (χ0v) is 11.0. The number of aliphatic carboxylic acids is 1. The predicted molar refractivity (Wildman–Crippen MR) is 70.9 cm³/mol. The first-order valence-corrected chi connectivity index (χ1v) is 6.59. The number of carboxylic acid groups (broad SMARTS) is 1. The third-order valence-electron chi connectivity index (χ3n) is 3.40. The first-order chi connectivity index (χ1) is 9.58. The quantitative estimate of drug-likeness (QED) is 0.880.